The number of hydrogen-bond acceptors (Lipinski definition) is 2. The van der Waals surface area contributed by atoms with E-state index in [2.05, 4.69) is 11.1 Å². The molecule has 0 radical (unpaired) electrons. The topological polar surface area (TPSA) is 36.4 Å². The maximum Gasteiger partial charge on any atom is 0.325 e. The minimum atomic E-state index is 0.117. The summed E-state index contributed by atoms with van der Waals surface area (Å²) in [6.45, 7) is 0.792. The van der Waals surface area contributed by atoms with Gasteiger partial charge >= 0.3 is 6.03 Å². The standard InChI is InChI=1S/C15H21N3O/c1-17(13-8-4-9-13)15(19)18-11-3-2-6-12-7-5-10-16-14(12)18/h5,7,10,13H,2-4,6,8-9,11H2,1H3. The summed E-state index contributed by atoms with van der Waals surface area (Å²) in [7, 11) is 1.93. The zero-order valence-corrected chi connectivity index (χ0v) is 11.5. The Morgan fingerprint density at radius 2 is 2.21 bits per heavy atom. The fourth-order valence-corrected chi connectivity index (χ4v) is 2.87. The summed E-state index contributed by atoms with van der Waals surface area (Å²) in [4.78, 5) is 20.9. The number of hydrogen-bond donors (Lipinski definition) is 0. The lowest BCUT2D eigenvalue weighted by Gasteiger charge is -2.37. The van der Waals surface area contributed by atoms with E-state index in [-0.39, 0.29) is 6.03 Å². The predicted octanol–water partition coefficient (Wildman–Crippen LogP) is 2.83. The maximum absolute atomic E-state index is 12.7. The molecular formula is C15H21N3O. The van der Waals surface area contributed by atoms with Gasteiger partial charge in [0.05, 0.1) is 0 Å². The molecular weight excluding hydrogens is 238 g/mol. The zero-order chi connectivity index (χ0) is 13.2. The molecule has 0 N–H and O–H groups in total. The van der Waals surface area contributed by atoms with Crippen LogP contribution >= 0.6 is 0 Å². The molecule has 1 saturated carbocycles. The molecule has 2 heterocycles. The number of carbonyl (C=O) groups is 1. The highest BCUT2D eigenvalue weighted by atomic mass is 16.2. The summed E-state index contributed by atoms with van der Waals surface area (Å²) in [6, 6.07) is 4.61. The van der Waals surface area contributed by atoms with E-state index in [1.807, 2.05) is 22.9 Å². The molecule has 0 spiro atoms. The van der Waals surface area contributed by atoms with Crippen LogP contribution in [0.3, 0.4) is 0 Å². The molecule has 2 aliphatic rings. The van der Waals surface area contributed by atoms with Crippen molar-refractivity contribution in [3.63, 3.8) is 0 Å². The number of amides is 2. The molecule has 4 nitrogen and oxygen atoms in total. The first-order valence-corrected chi connectivity index (χ1v) is 7.25. The number of urea groups is 1. The van der Waals surface area contributed by atoms with Crippen LogP contribution in [-0.4, -0.2) is 35.5 Å². The second-order valence-corrected chi connectivity index (χ2v) is 5.57. The molecule has 102 valence electrons. The molecule has 1 fully saturated rings. The van der Waals surface area contributed by atoms with Gasteiger partial charge in [-0.05, 0) is 50.2 Å². The summed E-state index contributed by atoms with van der Waals surface area (Å²) < 4.78 is 0. The third-order valence-corrected chi connectivity index (χ3v) is 4.36. The van der Waals surface area contributed by atoms with E-state index in [1.54, 1.807) is 6.20 Å². The van der Waals surface area contributed by atoms with Crippen LogP contribution in [0.5, 0.6) is 0 Å². The number of nitrogens with zero attached hydrogens (tertiary/aromatic N) is 3. The second-order valence-electron chi connectivity index (χ2n) is 5.57. The van der Waals surface area contributed by atoms with Gasteiger partial charge in [0.15, 0.2) is 0 Å². The van der Waals surface area contributed by atoms with Gasteiger partial charge in [-0.2, -0.15) is 0 Å². The first-order chi connectivity index (χ1) is 9.27. The van der Waals surface area contributed by atoms with Gasteiger partial charge in [0.2, 0.25) is 0 Å². The molecule has 19 heavy (non-hydrogen) atoms. The molecule has 0 unspecified atom stereocenters. The third-order valence-electron chi connectivity index (χ3n) is 4.36. The molecule has 1 aliphatic heterocycles. The van der Waals surface area contributed by atoms with Crippen molar-refractivity contribution in [1.29, 1.82) is 0 Å². The maximum atomic E-state index is 12.7. The number of pyridine rings is 1. The smallest absolute Gasteiger partial charge is 0.324 e. The SMILES string of the molecule is CN(C(=O)N1CCCCc2cccnc21)C1CCC1. The first-order valence-electron chi connectivity index (χ1n) is 7.25. The molecule has 0 bridgehead atoms. The minimum absolute atomic E-state index is 0.117. The van der Waals surface area contributed by atoms with E-state index >= 15 is 0 Å². The molecule has 3 rings (SSSR count). The molecule has 0 atom stereocenters. The number of fused-ring (bicyclic) bond motifs is 1. The van der Waals surface area contributed by atoms with Crippen molar-refractivity contribution >= 4 is 11.8 Å². The van der Waals surface area contributed by atoms with Crippen LogP contribution in [0.15, 0.2) is 18.3 Å². The quantitative estimate of drug-likeness (QED) is 0.777. The van der Waals surface area contributed by atoms with Crippen molar-refractivity contribution in [2.75, 3.05) is 18.5 Å². The number of aromatic nitrogens is 1. The van der Waals surface area contributed by atoms with Crippen molar-refractivity contribution < 1.29 is 4.79 Å². The van der Waals surface area contributed by atoms with Gasteiger partial charge in [0, 0.05) is 25.8 Å². The van der Waals surface area contributed by atoms with Gasteiger partial charge in [-0.1, -0.05) is 6.07 Å². The first kappa shape index (κ1) is 12.5. The van der Waals surface area contributed by atoms with Gasteiger partial charge in [-0.3, -0.25) is 4.90 Å². The Morgan fingerprint density at radius 3 is 2.95 bits per heavy atom. The molecule has 4 heteroatoms. The lowest BCUT2D eigenvalue weighted by Crippen LogP contribution is -2.49. The van der Waals surface area contributed by atoms with Crippen LogP contribution in [0.4, 0.5) is 10.6 Å². The van der Waals surface area contributed by atoms with E-state index in [0.717, 1.165) is 44.5 Å². The molecule has 2 amide bonds. The van der Waals surface area contributed by atoms with Crippen molar-refractivity contribution in [1.82, 2.24) is 9.88 Å². The Balaban J connectivity index is 1.84. The predicted molar refractivity (Wildman–Crippen MR) is 75.3 cm³/mol. The van der Waals surface area contributed by atoms with Crippen LogP contribution in [0.2, 0.25) is 0 Å². The van der Waals surface area contributed by atoms with E-state index in [0.29, 0.717) is 6.04 Å². The normalized spacial score (nSPS) is 19.3. The Bertz CT molecular complexity index is 470. The summed E-state index contributed by atoms with van der Waals surface area (Å²) in [6.07, 6.45) is 8.54. The van der Waals surface area contributed by atoms with E-state index in [1.165, 1.54) is 12.0 Å². The highest BCUT2D eigenvalue weighted by Crippen LogP contribution is 2.28. The lowest BCUT2D eigenvalue weighted by atomic mass is 9.92. The highest BCUT2D eigenvalue weighted by Gasteiger charge is 2.31. The number of carbonyl (C=O) groups excluding carboxylic acids is 1. The molecule has 1 aliphatic carbocycles. The summed E-state index contributed by atoms with van der Waals surface area (Å²) in [5.74, 6) is 0.871. The lowest BCUT2D eigenvalue weighted by molar-refractivity contribution is 0.163. The van der Waals surface area contributed by atoms with Crippen LogP contribution in [0.1, 0.15) is 37.7 Å². The van der Waals surface area contributed by atoms with Crippen molar-refractivity contribution in [3.05, 3.63) is 23.9 Å². The fraction of sp³-hybridized carbons (Fsp3) is 0.600. The largest absolute Gasteiger partial charge is 0.325 e. The van der Waals surface area contributed by atoms with E-state index in [9.17, 15) is 4.79 Å². The second kappa shape index (κ2) is 5.19. The summed E-state index contributed by atoms with van der Waals surface area (Å²) >= 11 is 0. The average molecular weight is 259 g/mol. The minimum Gasteiger partial charge on any atom is -0.324 e. The Kier molecular flexibility index (Phi) is 3.40. The van der Waals surface area contributed by atoms with Gasteiger partial charge in [-0.25, -0.2) is 9.78 Å². The average Bonchev–Trinajstić information content (AvgIpc) is 2.58. The van der Waals surface area contributed by atoms with Gasteiger partial charge in [0.1, 0.15) is 5.82 Å². The van der Waals surface area contributed by atoms with Gasteiger partial charge < -0.3 is 4.90 Å². The van der Waals surface area contributed by atoms with Crippen LogP contribution < -0.4 is 4.90 Å². The summed E-state index contributed by atoms with van der Waals surface area (Å²) in [5, 5.41) is 0. The van der Waals surface area contributed by atoms with Crippen molar-refractivity contribution in [2.24, 2.45) is 0 Å². The van der Waals surface area contributed by atoms with E-state index < -0.39 is 0 Å². The molecule has 0 aromatic carbocycles. The van der Waals surface area contributed by atoms with Crippen LogP contribution in [0, 0.1) is 0 Å². The third kappa shape index (κ3) is 2.31. The van der Waals surface area contributed by atoms with E-state index in [4.69, 9.17) is 0 Å². The van der Waals surface area contributed by atoms with Gasteiger partial charge in [0.25, 0.3) is 0 Å². The monoisotopic (exact) mass is 259 g/mol. The van der Waals surface area contributed by atoms with Crippen molar-refractivity contribution in [2.45, 2.75) is 44.6 Å². The number of aryl methyl sites for hydroxylation is 1. The summed E-state index contributed by atoms with van der Waals surface area (Å²) in [5.41, 5.74) is 1.20. The van der Waals surface area contributed by atoms with Crippen molar-refractivity contribution in [3.8, 4) is 0 Å². The zero-order valence-electron chi connectivity index (χ0n) is 11.5. The van der Waals surface area contributed by atoms with Crippen LogP contribution in [0.25, 0.3) is 0 Å². The molecule has 0 saturated heterocycles. The Labute approximate surface area is 114 Å². The van der Waals surface area contributed by atoms with Gasteiger partial charge in [-0.15, -0.1) is 0 Å². The fourth-order valence-electron chi connectivity index (χ4n) is 2.87. The molecule has 1 aromatic rings. The number of anilines is 1. The molecule has 1 aromatic heterocycles. The Morgan fingerprint density at radius 1 is 1.37 bits per heavy atom. The number of rotatable bonds is 1. The Hall–Kier alpha value is -1.58. The highest BCUT2D eigenvalue weighted by molar-refractivity contribution is 5.92. The van der Waals surface area contributed by atoms with Crippen LogP contribution in [-0.2, 0) is 6.42 Å².